The van der Waals surface area contributed by atoms with Crippen LogP contribution >= 0.6 is 0 Å². The molecular formula is C22H24N4O3. The number of piperazine rings is 1. The number of nitriles is 1. The average Bonchev–Trinajstić information content (AvgIpc) is 2.78. The quantitative estimate of drug-likeness (QED) is 0.602. The van der Waals surface area contributed by atoms with Crippen LogP contribution in [0.4, 0.5) is 11.4 Å². The Morgan fingerprint density at radius 3 is 2.28 bits per heavy atom. The van der Waals surface area contributed by atoms with Crippen molar-refractivity contribution in [1.29, 1.82) is 5.26 Å². The zero-order chi connectivity index (χ0) is 20.6. The van der Waals surface area contributed by atoms with Gasteiger partial charge >= 0.3 is 0 Å². The highest BCUT2D eigenvalue weighted by molar-refractivity contribution is 6.07. The van der Waals surface area contributed by atoms with Gasteiger partial charge in [-0.3, -0.25) is 4.79 Å². The van der Waals surface area contributed by atoms with Crippen LogP contribution in [0.3, 0.4) is 0 Å². The molecule has 1 fully saturated rings. The molecule has 1 aliphatic heterocycles. The number of hydrogen-bond donors (Lipinski definition) is 1. The molecule has 1 heterocycles. The van der Waals surface area contributed by atoms with E-state index in [1.807, 2.05) is 41.3 Å². The van der Waals surface area contributed by atoms with Gasteiger partial charge in [0, 0.05) is 32.4 Å². The van der Waals surface area contributed by atoms with Crippen LogP contribution in [-0.4, -0.2) is 51.2 Å². The number of ether oxygens (including phenoxy) is 2. The fraction of sp³-hybridized carbons (Fsp3) is 0.273. The SMILES string of the molecule is COc1ccccc1NC(=O)/C(C#N)=C\N1CCN(c2ccccc2OC)CC1. The third kappa shape index (κ3) is 4.79. The molecule has 1 aliphatic rings. The van der Waals surface area contributed by atoms with Gasteiger partial charge in [0.2, 0.25) is 0 Å². The molecule has 0 saturated carbocycles. The van der Waals surface area contributed by atoms with E-state index in [1.54, 1.807) is 31.5 Å². The summed E-state index contributed by atoms with van der Waals surface area (Å²) in [7, 11) is 3.20. The summed E-state index contributed by atoms with van der Waals surface area (Å²) in [6.07, 6.45) is 1.63. The second-order valence-corrected chi connectivity index (χ2v) is 6.50. The lowest BCUT2D eigenvalue weighted by Gasteiger charge is -2.36. The van der Waals surface area contributed by atoms with Crippen molar-refractivity contribution in [2.75, 3.05) is 50.6 Å². The summed E-state index contributed by atoms with van der Waals surface area (Å²) in [6.45, 7) is 2.93. The van der Waals surface area contributed by atoms with Crippen LogP contribution in [0.15, 0.2) is 60.3 Å². The molecule has 1 amide bonds. The van der Waals surface area contributed by atoms with Crippen molar-refractivity contribution in [3.8, 4) is 17.6 Å². The van der Waals surface area contributed by atoms with Crippen LogP contribution in [0, 0.1) is 11.3 Å². The minimum absolute atomic E-state index is 0.0571. The van der Waals surface area contributed by atoms with Crippen LogP contribution in [0.5, 0.6) is 11.5 Å². The van der Waals surface area contributed by atoms with E-state index in [-0.39, 0.29) is 5.57 Å². The van der Waals surface area contributed by atoms with E-state index in [0.717, 1.165) is 24.5 Å². The standard InChI is InChI=1S/C22H24N4O3/c1-28-20-9-5-3-7-18(20)24-22(27)17(15-23)16-25-11-13-26(14-12-25)19-8-4-6-10-21(19)29-2/h3-10,16H,11-14H2,1-2H3,(H,24,27)/b17-16-. The number of methoxy groups -OCH3 is 2. The van der Waals surface area contributed by atoms with Gasteiger partial charge in [-0.15, -0.1) is 0 Å². The predicted molar refractivity (Wildman–Crippen MR) is 112 cm³/mol. The van der Waals surface area contributed by atoms with Gasteiger partial charge in [0.15, 0.2) is 0 Å². The summed E-state index contributed by atoms with van der Waals surface area (Å²) < 4.78 is 10.7. The van der Waals surface area contributed by atoms with Crippen molar-refractivity contribution in [1.82, 2.24) is 4.90 Å². The lowest BCUT2D eigenvalue weighted by Crippen LogP contribution is -2.44. The Morgan fingerprint density at radius 2 is 1.62 bits per heavy atom. The Hall–Kier alpha value is -3.66. The Morgan fingerprint density at radius 1 is 1.00 bits per heavy atom. The zero-order valence-corrected chi connectivity index (χ0v) is 16.6. The largest absolute Gasteiger partial charge is 0.495 e. The van der Waals surface area contributed by atoms with Crippen molar-refractivity contribution >= 4 is 17.3 Å². The molecule has 0 bridgehead atoms. The first-order chi connectivity index (χ1) is 14.2. The summed E-state index contributed by atoms with van der Waals surface area (Å²) in [5.41, 5.74) is 1.64. The number of carbonyl (C=O) groups is 1. The van der Waals surface area contributed by atoms with Crippen molar-refractivity contribution in [2.24, 2.45) is 0 Å². The van der Waals surface area contributed by atoms with Gasteiger partial charge in [-0.2, -0.15) is 5.26 Å². The summed E-state index contributed by atoms with van der Waals surface area (Å²) in [5, 5.41) is 12.2. The summed E-state index contributed by atoms with van der Waals surface area (Å²) >= 11 is 0. The highest BCUT2D eigenvalue weighted by Crippen LogP contribution is 2.28. The highest BCUT2D eigenvalue weighted by atomic mass is 16.5. The lowest BCUT2D eigenvalue weighted by molar-refractivity contribution is -0.112. The van der Waals surface area contributed by atoms with Crippen LogP contribution < -0.4 is 19.7 Å². The first-order valence-corrected chi connectivity index (χ1v) is 9.34. The molecule has 7 heteroatoms. The molecule has 0 aromatic heterocycles. The maximum Gasteiger partial charge on any atom is 0.267 e. The van der Waals surface area contributed by atoms with E-state index in [4.69, 9.17) is 9.47 Å². The molecule has 0 unspecified atom stereocenters. The first kappa shape index (κ1) is 20.1. The number of hydrogen-bond acceptors (Lipinski definition) is 6. The molecule has 2 aromatic carbocycles. The number of anilines is 2. The van der Waals surface area contributed by atoms with Gasteiger partial charge in [0.05, 0.1) is 25.6 Å². The third-order valence-electron chi connectivity index (χ3n) is 4.77. The fourth-order valence-corrected chi connectivity index (χ4v) is 3.24. The molecule has 1 saturated heterocycles. The minimum Gasteiger partial charge on any atom is -0.495 e. The smallest absolute Gasteiger partial charge is 0.267 e. The molecule has 0 aliphatic carbocycles. The van der Waals surface area contributed by atoms with E-state index < -0.39 is 5.91 Å². The fourth-order valence-electron chi connectivity index (χ4n) is 3.24. The monoisotopic (exact) mass is 392 g/mol. The summed E-state index contributed by atoms with van der Waals surface area (Å²) in [6, 6.07) is 17.0. The van der Waals surface area contributed by atoms with E-state index in [9.17, 15) is 10.1 Å². The van der Waals surface area contributed by atoms with Gasteiger partial charge in [0.1, 0.15) is 23.1 Å². The number of nitrogens with one attached hydrogen (secondary N) is 1. The normalized spacial score (nSPS) is 14.2. The summed E-state index contributed by atoms with van der Waals surface area (Å²) in [4.78, 5) is 16.8. The van der Waals surface area contributed by atoms with E-state index in [2.05, 4.69) is 10.2 Å². The van der Waals surface area contributed by atoms with E-state index >= 15 is 0 Å². The zero-order valence-electron chi connectivity index (χ0n) is 16.6. The number of amides is 1. The second kappa shape index (κ2) is 9.51. The lowest BCUT2D eigenvalue weighted by atomic mass is 10.2. The Balaban J connectivity index is 1.65. The number of nitrogens with zero attached hydrogens (tertiary/aromatic N) is 3. The van der Waals surface area contributed by atoms with Gasteiger partial charge < -0.3 is 24.6 Å². The maximum absolute atomic E-state index is 12.5. The number of rotatable bonds is 6. The first-order valence-electron chi connectivity index (χ1n) is 9.34. The molecule has 29 heavy (non-hydrogen) atoms. The van der Waals surface area contributed by atoms with Gasteiger partial charge in [-0.1, -0.05) is 24.3 Å². The highest BCUT2D eigenvalue weighted by Gasteiger charge is 2.20. The van der Waals surface area contributed by atoms with Crippen LogP contribution in [0.2, 0.25) is 0 Å². The van der Waals surface area contributed by atoms with Crippen molar-refractivity contribution < 1.29 is 14.3 Å². The van der Waals surface area contributed by atoms with Crippen molar-refractivity contribution in [3.05, 3.63) is 60.3 Å². The minimum atomic E-state index is -0.454. The summed E-state index contributed by atoms with van der Waals surface area (Å²) in [5.74, 6) is 0.929. The van der Waals surface area contributed by atoms with Gasteiger partial charge in [-0.05, 0) is 24.3 Å². The van der Waals surface area contributed by atoms with Crippen LogP contribution in [0.25, 0.3) is 0 Å². The molecule has 0 atom stereocenters. The maximum atomic E-state index is 12.5. The molecule has 3 rings (SSSR count). The number of benzene rings is 2. The Bertz CT molecular complexity index is 928. The molecule has 1 N–H and O–H groups in total. The molecule has 0 radical (unpaired) electrons. The topological polar surface area (TPSA) is 77.8 Å². The van der Waals surface area contributed by atoms with Gasteiger partial charge in [0.25, 0.3) is 5.91 Å². The average molecular weight is 392 g/mol. The molecule has 150 valence electrons. The van der Waals surface area contributed by atoms with E-state index in [0.29, 0.717) is 24.5 Å². The van der Waals surface area contributed by atoms with Gasteiger partial charge in [-0.25, -0.2) is 0 Å². The predicted octanol–water partition coefficient (Wildman–Crippen LogP) is 2.87. The number of carbonyl (C=O) groups excluding carboxylic acids is 1. The molecular weight excluding hydrogens is 368 g/mol. The van der Waals surface area contributed by atoms with Crippen molar-refractivity contribution in [2.45, 2.75) is 0 Å². The Kier molecular flexibility index (Phi) is 6.59. The van der Waals surface area contributed by atoms with Crippen LogP contribution in [-0.2, 0) is 4.79 Å². The van der Waals surface area contributed by atoms with Crippen molar-refractivity contribution in [3.63, 3.8) is 0 Å². The third-order valence-corrected chi connectivity index (χ3v) is 4.77. The Labute approximate surface area is 170 Å². The second-order valence-electron chi connectivity index (χ2n) is 6.50. The molecule has 0 spiro atoms. The van der Waals surface area contributed by atoms with E-state index in [1.165, 1.54) is 7.11 Å². The number of para-hydroxylation sites is 4. The molecule has 2 aromatic rings. The molecule has 7 nitrogen and oxygen atoms in total. The van der Waals surface area contributed by atoms with Crippen LogP contribution in [0.1, 0.15) is 0 Å².